The van der Waals surface area contributed by atoms with E-state index in [2.05, 4.69) is 17.6 Å². The van der Waals surface area contributed by atoms with E-state index in [9.17, 15) is 9.59 Å². The molecule has 0 aromatic heterocycles. The molecule has 6 heteroatoms. The van der Waals surface area contributed by atoms with Gasteiger partial charge in [0.1, 0.15) is 0 Å². The van der Waals surface area contributed by atoms with Gasteiger partial charge in [-0.05, 0) is 0 Å². The van der Waals surface area contributed by atoms with Crippen LogP contribution in [0.2, 0.25) is 0 Å². The van der Waals surface area contributed by atoms with Crippen molar-refractivity contribution in [2.45, 2.75) is 26.7 Å². The van der Waals surface area contributed by atoms with Crippen LogP contribution in [0.4, 0.5) is 0 Å². The normalized spacial score (nSPS) is 8.24. The Morgan fingerprint density at radius 3 is 2.24 bits per heavy atom. The van der Waals surface area contributed by atoms with Crippen molar-refractivity contribution in [3.63, 3.8) is 0 Å². The molecule has 0 heterocycles. The fraction of sp³-hybridized carbons (Fsp3) is 0.727. The van der Waals surface area contributed by atoms with Gasteiger partial charge in [0.2, 0.25) is 11.8 Å². The molecule has 0 aliphatic heterocycles. The van der Waals surface area contributed by atoms with E-state index < -0.39 is 0 Å². The third-order valence-corrected chi connectivity index (χ3v) is 1.57. The van der Waals surface area contributed by atoms with Gasteiger partial charge >= 0.3 is 0 Å². The average molecular weight is 417 g/mol. The predicted octanol–water partition coefficient (Wildman–Crippen LogP) is 0.749. The molecule has 2 amide bonds. The third-order valence-electron chi connectivity index (χ3n) is 1.57. The fourth-order valence-corrected chi connectivity index (χ4v) is 0.805. The molecule has 0 bridgehead atoms. The van der Waals surface area contributed by atoms with Gasteiger partial charge < -0.3 is 22.3 Å². The van der Waals surface area contributed by atoms with Crippen molar-refractivity contribution in [1.82, 2.24) is 10.6 Å². The van der Waals surface area contributed by atoms with E-state index >= 15 is 0 Å². The average Bonchev–Trinajstić information content (AvgIpc) is 2.34. The minimum atomic E-state index is -0.138. The van der Waals surface area contributed by atoms with Crippen LogP contribution in [0.3, 0.4) is 0 Å². The number of rotatable bonds is 7. The molecular formula is C11H25N2O3W-. The second-order valence-electron chi connectivity index (χ2n) is 2.64. The van der Waals surface area contributed by atoms with Gasteiger partial charge in [-0.2, -0.15) is 0 Å². The summed E-state index contributed by atoms with van der Waals surface area (Å²) in [5.74, 6) is -0.268. The van der Waals surface area contributed by atoms with Crippen LogP contribution >= 0.6 is 0 Å². The molecule has 0 saturated carbocycles. The van der Waals surface area contributed by atoms with Crippen LogP contribution in [-0.2, 0) is 35.4 Å². The minimum absolute atomic E-state index is 0. The molecule has 0 spiro atoms. The summed E-state index contributed by atoms with van der Waals surface area (Å²) in [5.41, 5.74) is 0. The zero-order chi connectivity index (χ0) is 12.8. The van der Waals surface area contributed by atoms with E-state index in [1.807, 2.05) is 13.8 Å². The number of amides is 2. The van der Waals surface area contributed by atoms with Gasteiger partial charge in [-0.25, -0.2) is 0 Å². The Labute approximate surface area is 120 Å². The van der Waals surface area contributed by atoms with Gasteiger partial charge in [-0.15, -0.1) is 0 Å². The van der Waals surface area contributed by atoms with Crippen LogP contribution in [0, 0.1) is 6.92 Å². The second kappa shape index (κ2) is 18.0. The summed E-state index contributed by atoms with van der Waals surface area (Å²) in [4.78, 5) is 21.8. The van der Waals surface area contributed by atoms with E-state index in [-0.39, 0.29) is 47.1 Å². The molecule has 0 aromatic rings. The van der Waals surface area contributed by atoms with Crippen molar-refractivity contribution in [3.05, 3.63) is 6.92 Å². The number of ether oxygens (including phenoxy) is 1. The zero-order valence-corrected chi connectivity index (χ0v) is 13.8. The van der Waals surface area contributed by atoms with Crippen molar-refractivity contribution < 1.29 is 36.8 Å². The van der Waals surface area contributed by atoms with Crippen LogP contribution in [0.1, 0.15) is 28.1 Å². The van der Waals surface area contributed by atoms with Crippen LogP contribution in [0.15, 0.2) is 0 Å². The molecule has 104 valence electrons. The fourth-order valence-electron chi connectivity index (χ4n) is 0.805. The predicted molar refractivity (Wildman–Crippen MR) is 65.9 cm³/mol. The minimum Gasteiger partial charge on any atom is -0.412 e. The van der Waals surface area contributed by atoms with Gasteiger partial charge in [0.15, 0.2) is 0 Å². The monoisotopic (exact) mass is 417 g/mol. The summed E-state index contributed by atoms with van der Waals surface area (Å²) in [6.07, 6.45) is 0.433. The summed E-state index contributed by atoms with van der Waals surface area (Å²) < 4.78 is 4.93. The third kappa shape index (κ3) is 18.2. The quantitative estimate of drug-likeness (QED) is 0.475. The van der Waals surface area contributed by atoms with Crippen LogP contribution < -0.4 is 10.6 Å². The molecule has 0 unspecified atom stereocenters. The van der Waals surface area contributed by atoms with Crippen molar-refractivity contribution in [1.29, 1.82) is 0 Å². The zero-order valence-electron chi connectivity index (χ0n) is 10.9. The summed E-state index contributed by atoms with van der Waals surface area (Å²) >= 11 is 0. The molecule has 0 atom stereocenters. The first kappa shape index (κ1) is 21.8. The maximum Gasteiger partial charge on any atom is 0.220 e. The smallest absolute Gasteiger partial charge is 0.220 e. The van der Waals surface area contributed by atoms with Crippen molar-refractivity contribution >= 4 is 11.8 Å². The Bertz CT molecular complexity index is 195. The maximum atomic E-state index is 11.1. The van der Waals surface area contributed by atoms with Gasteiger partial charge in [-0.3, -0.25) is 9.59 Å². The molecule has 0 saturated heterocycles. The Balaban J connectivity index is -0.000000232. The second-order valence-corrected chi connectivity index (χ2v) is 2.64. The Hall–Kier alpha value is -0.412. The summed E-state index contributed by atoms with van der Waals surface area (Å²) in [6.45, 7) is 8.80. The maximum absolute atomic E-state index is 11.1. The number of hydrogen-bond donors (Lipinski definition) is 2. The van der Waals surface area contributed by atoms with Gasteiger partial charge in [0.05, 0.1) is 6.61 Å². The first-order valence-corrected chi connectivity index (χ1v) is 5.55. The van der Waals surface area contributed by atoms with Crippen molar-refractivity contribution in [2.24, 2.45) is 0 Å². The number of carbonyl (C=O) groups is 2. The summed E-state index contributed by atoms with van der Waals surface area (Å²) in [5, 5.41) is 5.07. The Kier molecular flexibility index (Phi) is 23.1. The number of nitrogens with one attached hydrogen (secondary N) is 2. The number of carbonyl (C=O) groups excluding carboxylic acids is 2. The summed E-state index contributed by atoms with van der Waals surface area (Å²) in [6, 6.07) is 0. The molecule has 0 fully saturated rings. The molecular weight excluding hydrogens is 392 g/mol. The molecule has 0 rings (SSSR count). The van der Waals surface area contributed by atoms with E-state index in [1.165, 1.54) is 0 Å². The van der Waals surface area contributed by atoms with Gasteiger partial charge in [0, 0.05) is 48.9 Å². The topological polar surface area (TPSA) is 67.4 Å². The molecule has 5 nitrogen and oxygen atoms in total. The van der Waals surface area contributed by atoms with E-state index in [1.54, 1.807) is 7.05 Å². The van der Waals surface area contributed by atoms with Crippen LogP contribution in [0.5, 0.6) is 0 Å². The van der Waals surface area contributed by atoms with Gasteiger partial charge in [-0.1, -0.05) is 20.5 Å². The molecule has 0 aromatic carbocycles. The van der Waals surface area contributed by atoms with Crippen LogP contribution in [-0.4, -0.2) is 38.6 Å². The Morgan fingerprint density at radius 2 is 1.76 bits per heavy atom. The van der Waals surface area contributed by atoms with Crippen molar-refractivity contribution in [3.8, 4) is 0 Å². The van der Waals surface area contributed by atoms with Crippen molar-refractivity contribution in [2.75, 3.05) is 26.8 Å². The molecule has 0 radical (unpaired) electrons. The molecule has 0 aliphatic rings. The molecule has 17 heavy (non-hydrogen) atoms. The number of hydrogen-bond acceptors (Lipinski definition) is 3. The van der Waals surface area contributed by atoms with Crippen LogP contribution in [0.25, 0.3) is 0 Å². The first-order valence-electron chi connectivity index (χ1n) is 5.55. The van der Waals surface area contributed by atoms with Gasteiger partial charge in [0.25, 0.3) is 0 Å². The molecule has 2 N–H and O–H groups in total. The Morgan fingerprint density at radius 1 is 1.24 bits per heavy atom. The standard InChI is InChI=1S/C9H17N2O3.C2H6.W.H2/c1-3-14-7-6-11-9(13)5-4-8(12)10-2;1-2;;/h1,3-7H2,2H3,(H,10,12)(H,11,13);1-2H3;;1H/q-1;;;. The largest absolute Gasteiger partial charge is 0.412 e. The SMILES string of the molecule is CC.[CH2-]COCCNC(=O)CCC(=O)NC.[HH].[W]. The summed E-state index contributed by atoms with van der Waals surface area (Å²) in [7, 11) is 1.54. The van der Waals surface area contributed by atoms with E-state index in [0.717, 1.165) is 0 Å². The van der Waals surface area contributed by atoms with E-state index in [0.29, 0.717) is 19.8 Å². The first-order chi connectivity index (χ1) is 7.70. The van der Waals surface area contributed by atoms with E-state index in [4.69, 9.17) is 4.74 Å². The molecule has 0 aliphatic carbocycles.